The maximum Gasteiger partial charge on any atom is 0.354 e. The Balaban J connectivity index is 1.30. The van der Waals surface area contributed by atoms with Crippen LogP contribution in [0.15, 0.2) is 54.7 Å². The molecular formula is C27H29ClN4O5. The summed E-state index contributed by atoms with van der Waals surface area (Å²) in [7, 11) is 0. The maximum atomic E-state index is 12.6. The van der Waals surface area contributed by atoms with Gasteiger partial charge in [0.25, 0.3) is 0 Å². The SMILES string of the molecule is Cc1cc(OCCN2CCCC2)c(NC(=O)NCc2ccc(Oc3ccnc(C(=O)O)c3)cc2)cc1Cl. The molecule has 0 radical (unpaired) electrons. The van der Waals surface area contributed by atoms with Gasteiger partial charge in [-0.1, -0.05) is 23.7 Å². The molecule has 2 heterocycles. The topological polar surface area (TPSA) is 113 Å². The van der Waals surface area contributed by atoms with Gasteiger partial charge < -0.3 is 25.2 Å². The second-order valence-corrected chi connectivity index (χ2v) is 9.14. The first-order chi connectivity index (χ1) is 17.9. The van der Waals surface area contributed by atoms with E-state index in [2.05, 4.69) is 20.5 Å². The number of halogens is 1. The number of hydrogen-bond acceptors (Lipinski definition) is 6. The zero-order chi connectivity index (χ0) is 26.2. The normalized spacial score (nSPS) is 13.2. The molecule has 2 amide bonds. The Morgan fingerprint density at radius 3 is 2.57 bits per heavy atom. The number of aromatic carboxylic acids is 1. The highest BCUT2D eigenvalue weighted by molar-refractivity contribution is 6.31. The van der Waals surface area contributed by atoms with E-state index in [4.69, 9.17) is 26.2 Å². The van der Waals surface area contributed by atoms with E-state index in [1.54, 1.807) is 24.3 Å². The van der Waals surface area contributed by atoms with Crippen LogP contribution in [0.1, 0.15) is 34.5 Å². The number of aromatic nitrogens is 1. The fraction of sp³-hybridized carbons (Fsp3) is 0.296. The number of hydrogen-bond donors (Lipinski definition) is 3. The Morgan fingerprint density at radius 2 is 1.84 bits per heavy atom. The number of nitrogens with zero attached hydrogens (tertiary/aromatic N) is 2. The van der Waals surface area contributed by atoms with Crippen molar-refractivity contribution in [3.05, 3.63) is 76.6 Å². The number of carboxylic acid groups (broad SMARTS) is 1. The van der Waals surface area contributed by atoms with Gasteiger partial charge in [0.15, 0.2) is 5.69 Å². The lowest BCUT2D eigenvalue weighted by Gasteiger charge is -2.18. The van der Waals surface area contributed by atoms with Crippen molar-refractivity contribution in [2.45, 2.75) is 26.3 Å². The summed E-state index contributed by atoms with van der Waals surface area (Å²) in [6.07, 6.45) is 3.82. The second kappa shape index (κ2) is 12.4. The summed E-state index contributed by atoms with van der Waals surface area (Å²) < 4.78 is 11.7. The van der Waals surface area contributed by atoms with E-state index in [1.807, 2.05) is 25.1 Å². The van der Waals surface area contributed by atoms with Gasteiger partial charge in [0.2, 0.25) is 0 Å². The average Bonchev–Trinajstić information content (AvgIpc) is 3.40. The molecule has 0 unspecified atom stereocenters. The van der Waals surface area contributed by atoms with E-state index in [1.165, 1.54) is 25.1 Å². The number of amides is 2. The average molecular weight is 525 g/mol. The highest BCUT2D eigenvalue weighted by Crippen LogP contribution is 2.31. The predicted molar refractivity (Wildman–Crippen MR) is 141 cm³/mol. The van der Waals surface area contributed by atoms with Gasteiger partial charge in [0.05, 0.1) is 5.69 Å². The summed E-state index contributed by atoms with van der Waals surface area (Å²) >= 11 is 6.30. The molecule has 1 aliphatic heterocycles. The molecule has 3 N–H and O–H groups in total. The third kappa shape index (κ3) is 7.58. The van der Waals surface area contributed by atoms with E-state index in [0.29, 0.717) is 34.6 Å². The maximum absolute atomic E-state index is 12.6. The second-order valence-electron chi connectivity index (χ2n) is 8.73. The summed E-state index contributed by atoms with van der Waals surface area (Å²) in [6, 6.07) is 13.2. The molecule has 1 fully saturated rings. The molecule has 3 aromatic rings. The van der Waals surface area contributed by atoms with Crippen LogP contribution in [0.2, 0.25) is 5.02 Å². The van der Waals surface area contributed by atoms with Crippen molar-refractivity contribution in [3.8, 4) is 17.2 Å². The number of carbonyl (C=O) groups is 2. The van der Waals surface area contributed by atoms with Gasteiger partial charge in [-0.25, -0.2) is 14.6 Å². The van der Waals surface area contributed by atoms with Crippen LogP contribution in [-0.4, -0.2) is 53.2 Å². The van der Waals surface area contributed by atoms with Gasteiger partial charge in [0.1, 0.15) is 23.9 Å². The minimum atomic E-state index is -1.13. The molecule has 194 valence electrons. The van der Waals surface area contributed by atoms with Gasteiger partial charge in [-0.05, 0) is 74.3 Å². The van der Waals surface area contributed by atoms with Crippen molar-refractivity contribution in [1.29, 1.82) is 0 Å². The number of carboxylic acids is 1. The third-order valence-electron chi connectivity index (χ3n) is 5.94. The first kappa shape index (κ1) is 26.2. The number of carbonyl (C=O) groups excluding carboxylic acids is 1. The molecular weight excluding hydrogens is 496 g/mol. The smallest absolute Gasteiger partial charge is 0.354 e. The largest absolute Gasteiger partial charge is 0.490 e. The van der Waals surface area contributed by atoms with E-state index in [-0.39, 0.29) is 18.3 Å². The zero-order valence-corrected chi connectivity index (χ0v) is 21.3. The van der Waals surface area contributed by atoms with Crippen molar-refractivity contribution in [2.75, 3.05) is 31.6 Å². The van der Waals surface area contributed by atoms with Crippen LogP contribution >= 0.6 is 11.6 Å². The molecule has 0 bridgehead atoms. The lowest BCUT2D eigenvalue weighted by atomic mass is 10.2. The summed E-state index contributed by atoms with van der Waals surface area (Å²) in [4.78, 5) is 29.8. The van der Waals surface area contributed by atoms with Gasteiger partial charge in [-0.3, -0.25) is 4.90 Å². The van der Waals surface area contributed by atoms with Crippen LogP contribution in [0, 0.1) is 6.92 Å². The van der Waals surface area contributed by atoms with Crippen molar-refractivity contribution in [3.63, 3.8) is 0 Å². The molecule has 37 heavy (non-hydrogen) atoms. The fourth-order valence-electron chi connectivity index (χ4n) is 3.91. The molecule has 4 rings (SSSR count). The lowest BCUT2D eigenvalue weighted by molar-refractivity contribution is 0.0690. The van der Waals surface area contributed by atoms with Crippen LogP contribution < -0.4 is 20.1 Å². The number of aryl methyl sites for hydroxylation is 1. The van der Waals surface area contributed by atoms with Crippen molar-refractivity contribution in [1.82, 2.24) is 15.2 Å². The molecule has 0 saturated carbocycles. The Bertz CT molecular complexity index is 1250. The number of likely N-dealkylation sites (tertiary alicyclic amines) is 1. The van der Waals surface area contributed by atoms with Gasteiger partial charge in [-0.15, -0.1) is 0 Å². The first-order valence-corrected chi connectivity index (χ1v) is 12.4. The van der Waals surface area contributed by atoms with Crippen LogP contribution in [0.4, 0.5) is 10.5 Å². The number of urea groups is 1. The Hall–Kier alpha value is -3.82. The minimum Gasteiger partial charge on any atom is -0.490 e. The number of anilines is 1. The van der Waals surface area contributed by atoms with E-state index in [9.17, 15) is 9.59 Å². The van der Waals surface area contributed by atoms with E-state index in [0.717, 1.165) is 30.8 Å². The highest BCUT2D eigenvalue weighted by atomic mass is 35.5. The standard InChI is InChI=1S/C27H29ClN4O5/c1-18-14-25(36-13-12-32-10-2-3-11-32)23(16-22(18)28)31-27(35)30-17-19-4-6-20(7-5-19)37-21-8-9-29-24(15-21)26(33)34/h4-9,14-16H,2-3,10-13,17H2,1H3,(H,33,34)(H2,30,31,35). The fourth-order valence-corrected chi connectivity index (χ4v) is 4.08. The van der Waals surface area contributed by atoms with Crippen LogP contribution in [0.25, 0.3) is 0 Å². The quantitative estimate of drug-likeness (QED) is 0.328. The Labute approximate surface area is 220 Å². The molecule has 2 aromatic carbocycles. The summed E-state index contributed by atoms with van der Waals surface area (Å²) in [5.41, 5.74) is 2.14. The number of ether oxygens (including phenoxy) is 2. The van der Waals surface area contributed by atoms with Crippen molar-refractivity contribution >= 4 is 29.3 Å². The van der Waals surface area contributed by atoms with Crippen LogP contribution in [0.3, 0.4) is 0 Å². The Morgan fingerprint density at radius 1 is 1.08 bits per heavy atom. The van der Waals surface area contributed by atoms with E-state index >= 15 is 0 Å². The molecule has 0 spiro atoms. The highest BCUT2D eigenvalue weighted by Gasteiger charge is 2.14. The number of nitrogens with one attached hydrogen (secondary N) is 2. The van der Waals surface area contributed by atoms with Crippen molar-refractivity contribution in [2.24, 2.45) is 0 Å². The van der Waals surface area contributed by atoms with Gasteiger partial charge >= 0.3 is 12.0 Å². The predicted octanol–water partition coefficient (Wildman–Crippen LogP) is 5.33. The molecule has 1 saturated heterocycles. The molecule has 1 aliphatic rings. The summed E-state index contributed by atoms with van der Waals surface area (Å²) in [6.45, 7) is 5.75. The number of rotatable bonds is 10. The third-order valence-corrected chi connectivity index (χ3v) is 6.34. The van der Waals surface area contributed by atoms with Crippen molar-refractivity contribution < 1.29 is 24.2 Å². The molecule has 9 nitrogen and oxygen atoms in total. The number of benzene rings is 2. The van der Waals surface area contributed by atoms with Crippen LogP contribution in [-0.2, 0) is 6.54 Å². The molecule has 1 aromatic heterocycles. The van der Waals surface area contributed by atoms with Crippen LogP contribution in [0.5, 0.6) is 17.2 Å². The monoisotopic (exact) mass is 524 g/mol. The summed E-state index contributed by atoms with van der Waals surface area (Å²) in [5.74, 6) is 0.354. The number of pyridine rings is 1. The molecule has 0 atom stereocenters. The van der Waals surface area contributed by atoms with E-state index < -0.39 is 5.97 Å². The molecule has 0 aliphatic carbocycles. The van der Waals surface area contributed by atoms with Gasteiger partial charge in [-0.2, -0.15) is 0 Å². The molecule has 10 heteroatoms. The zero-order valence-electron chi connectivity index (χ0n) is 20.5. The first-order valence-electron chi connectivity index (χ1n) is 12.0. The Kier molecular flexibility index (Phi) is 8.81. The van der Waals surface area contributed by atoms with Gasteiger partial charge in [0, 0.05) is 30.4 Å². The lowest BCUT2D eigenvalue weighted by Crippen LogP contribution is -2.29. The summed E-state index contributed by atoms with van der Waals surface area (Å²) in [5, 5.41) is 15.3. The minimum absolute atomic E-state index is 0.0978.